The molecular formula is C14H22ClNO2S. The van der Waals surface area contributed by atoms with Gasteiger partial charge in [-0.25, -0.2) is 8.42 Å². The summed E-state index contributed by atoms with van der Waals surface area (Å²) in [5.74, 6) is 0. The van der Waals surface area contributed by atoms with E-state index < -0.39 is 15.1 Å². The molecule has 0 aliphatic rings. The maximum Gasteiger partial charge on any atom is 0.182 e. The molecule has 1 atom stereocenters. The van der Waals surface area contributed by atoms with Gasteiger partial charge in [-0.2, -0.15) is 0 Å². The van der Waals surface area contributed by atoms with E-state index in [-0.39, 0.29) is 0 Å². The first-order valence-corrected chi connectivity index (χ1v) is 8.57. The van der Waals surface area contributed by atoms with Crippen molar-refractivity contribution in [1.82, 2.24) is 5.32 Å². The zero-order valence-corrected chi connectivity index (χ0v) is 13.3. The minimum Gasteiger partial charge on any atom is -0.313 e. The summed E-state index contributed by atoms with van der Waals surface area (Å²) in [7, 11) is -3.29. The third kappa shape index (κ3) is 4.48. The van der Waals surface area contributed by atoms with Gasteiger partial charge < -0.3 is 5.32 Å². The second-order valence-electron chi connectivity index (χ2n) is 4.73. The van der Waals surface area contributed by atoms with E-state index in [9.17, 15) is 8.42 Å². The smallest absolute Gasteiger partial charge is 0.182 e. The normalized spacial score (nSPS) is 13.7. The van der Waals surface area contributed by atoms with Crippen LogP contribution in [0.1, 0.15) is 33.6 Å². The Morgan fingerprint density at radius 3 is 2.16 bits per heavy atom. The lowest BCUT2D eigenvalue weighted by Crippen LogP contribution is -2.37. The number of nitrogens with one attached hydrogen (secondary N) is 1. The third-order valence-electron chi connectivity index (χ3n) is 3.35. The van der Waals surface area contributed by atoms with Gasteiger partial charge in [0, 0.05) is 17.6 Å². The van der Waals surface area contributed by atoms with E-state index in [0.29, 0.717) is 22.5 Å². The van der Waals surface area contributed by atoms with Crippen LogP contribution in [0.4, 0.5) is 0 Å². The van der Waals surface area contributed by atoms with Crippen molar-refractivity contribution in [3.63, 3.8) is 0 Å². The Balaban J connectivity index is 2.74. The van der Waals surface area contributed by atoms with Crippen LogP contribution in [0.2, 0.25) is 5.02 Å². The van der Waals surface area contributed by atoms with Gasteiger partial charge in [-0.1, -0.05) is 25.4 Å². The molecule has 0 saturated heterocycles. The van der Waals surface area contributed by atoms with E-state index >= 15 is 0 Å². The fraction of sp³-hybridized carbons (Fsp3) is 0.571. The zero-order valence-electron chi connectivity index (χ0n) is 11.7. The molecule has 0 amide bonds. The SMILES string of the molecule is CCC(CC)NCC(C)S(=O)(=O)c1ccc(Cl)cc1. The van der Waals surface area contributed by atoms with Crippen LogP contribution in [-0.4, -0.2) is 26.3 Å². The lowest BCUT2D eigenvalue weighted by atomic mass is 10.2. The number of halogens is 1. The van der Waals surface area contributed by atoms with E-state index in [1.54, 1.807) is 31.2 Å². The molecule has 1 unspecified atom stereocenters. The Morgan fingerprint density at radius 2 is 1.68 bits per heavy atom. The monoisotopic (exact) mass is 303 g/mol. The number of hydrogen-bond donors (Lipinski definition) is 1. The van der Waals surface area contributed by atoms with Crippen LogP contribution >= 0.6 is 11.6 Å². The van der Waals surface area contributed by atoms with Crippen molar-refractivity contribution < 1.29 is 8.42 Å². The summed E-state index contributed by atoms with van der Waals surface area (Å²) >= 11 is 5.77. The molecule has 1 aromatic carbocycles. The minimum atomic E-state index is -3.29. The highest BCUT2D eigenvalue weighted by Crippen LogP contribution is 2.18. The van der Waals surface area contributed by atoms with Gasteiger partial charge in [-0.05, 0) is 44.0 Å². The minimum absolute atomic E-state index is 0.329. The average molecular weight is 304 g/mol. The summed E-state index contributed by atoms with van der Waals surface area (Å²) in [6, 6.07) is 6.71. The predicted octanol–water partition coefficient (Wildman–Crippen LogP) is 3.28. The largest absolute Gasteiger partial charge is 0.313 e. The van der Waals surface area contributed by atoms with Gasteiger partial charge in [0.1, 0.15) is 0 Å². The van der Waals surface area contributed by atoms with Crippen molar-refractivity contribution in [3.8, 4) is 0 Å². The highest BCUT2D eigenvalue weighted by Gasteiger charge is 2.23. The summed E-state index contributed by atoms with van der Waals surface area (Å²) in [5.41, 5.74) is 0. The lowest BCUT2D eigenvalue weighted by molar-refractivity contribution is 0.480. The number of rotatable bonds is 7. The van der Waals surface area contributed by atoms with Crippen LogP contribution in [0.15, 0.2) is 29.2 Å². The van der Waals surface area contributed by atoms with Crippen molar-refractivity contribution in [2.75, 3.05) is 6.54 Å². The van der Waals surface area contributed by atoms with Crippen LogP contribution in [0.5, 0.6) is 0 Å². The highest BCUT2D eigenvalue weighted by atomic mass is 35.5. The molecule has 1 aromatic rings. The molecule has 3 nitrogen and oxygen atoms in total. The van der Waals surface area contributed by atoms with Crippen molar-refractivity contribution in [1.29, 1.82) is 0 Å². The van der Waals surface area contributed by atoms with Gasteiger partial charge in [0.25, 0.3) is 0 Å². The summed E-state index contributed by atoms with van der Waals surface area (Å²) in [6.07, 6.45) is 2.01. The quantitative estimate of drug-likeness (QED) is 0.841. The molecule has 0 radical (unpaired) electrons. The second kappa shape index (κ2) is 7.27. The fourth-order valence-electron chi connectivity index (χ4n) is 1.88. The van der Waals surface area contributed by atoms with Gasteiger partial charge in [0.2, 0.25) is 0 Å². The Bertz CT molecular complexity index is 481. The van der Waals surface area contributed by atoms with Crippen molar-refractivity contribution in [2.45, 2.75) is 49.8 Å². The number of sulfone groups is 1. The Hall–Kier alpha value is -0.580. The predicted molar refractivity (Wildman–Crippen MR) is 80.5 cm³/mol. The van der Waals surface area contributed by atoms with E-state index in [1.807, 2.05) is 0 Å². The molecule has 0 aliphatic heterocycles. The van der Waals surface area contributed by atoms with Gasteiger partial charge >= 0.3 is 0 Å². The first-order chi connectivity index (χ1) is 8.91. The molecule has 1 rings (SSSR count). The number of benzene rings is 1. The van der Waals surface area contributed by atoms with Crippen LogP contribution in [0.25, 0.3) is 0 Å². The van der Waals surface area contributed by atoms with Crippen LogP contribution in [0.3, 0.4) is 0 Å². The highest BCUT2D eigenvalue weighted by molar-refractivity contribution is 7.92. The molecule has 0 heterocycles. The van der Waals surface area contributed by atoms with Crippen LogP contribution < -0.4 is 5.32 Å². The van der Waals surface area contributed by atoms with Gasteiger partial charge in [0.15, 0.2) is 9.84 Å². The Labute approximate surface area is 121 Å². The van der Waals surface area contributed by atoms with Gasteiger partial charge in [0.05, 0.1) is 10.1 Å². The molecule has 0 spiro atoms. The topological polar surface area (TPSA) is 46.2 Å². The first-order valence-electron chi connectivity index (χ1n) is 6.64. The Kier molecular flexibility index (Phi) is 6.30. The third-order valence-corrected chi connectivity index (χ3v) is 5.76. The van der Waals surface area contributed by atoms with Crippen molar-refractivity contribution in [2.24, 2.45) is 0 Å². The fourth-order valence-corrected chi connectivity index (χ4v) is 3.30. The molecule has 0 bridgehead atoms. The second-order valence-corrected chi connectivity index (χ2v) is 7.53. The summed E-state index contributed by atoms with van der Waals surface area (Å²) < 4.78 is 24.7. The standard InChI is InChI=1S/C14H22ClNO2S/c1-4-13(5-2)16-10-11(3)19(17,18)14-8-6-12(15)7-9-14/h6-9,11,13,16H,4-5,10H2,1-3H3. The van der Waals surface area contributed by atoms with Crippen LogP contribution in [0, 0.1) is 0 Å². The first kappa shape index (κ1) is 16.5. The molecule has 19 heavy (non-hydrogen) atoms. The molecule has 5 heteroatoms. The molecule has 0 aromatic heterocycles. The molecule has 108 valence electrons. The molecular weight excluding hydrogens is 282 g/mol. The molecule has 0 fully saturated rings. The lowest BCUT2D eigenvalue weighted by Gasteiger charge is -2.19. The van der Waals surface area contributed by atoms with Gasteiger partial charge in [-0.3, -0.25) is 0 Å². The maximum absolute atomic E-state index is 12.3. The molecule has 1 N–H and O–H groups in total. The maximum atomic E-state index is 12.3. The number of hydrogen-bond acceptors (Lipinski definition) is 3. The average Bonchev–Trinajstić information content (AvgIpc) is 2.40. The summed E-state index contributed by atoms with van der Waals surface area (Å²) in [4.78, 5) is 0.329. The van der Waals surface area contributed by atoms with E-state index in [2.05, 4.69) is 19.2 Å². The van der Waals surface area contributed by atoms with Gasteiger partial charge in [-0.15, -0.1) is 0 Å². The van der Waals surface area contributed by atoms with E-state index in [0.717, 1.165) is 12.8 Å². The summed E-state index contributed by atoms with van der Waals surface area (Å²) in [6.45, 7) is 6.40. The van der Waals surface area contributed by atoms with E-state index in [4.69, 9.17) is 11.6 Å². The van der Waals surface area contributed by atoms with Crippen molar-refractivity contribution in [3.05, 3.63) is 29.3 Å². The van der Waals surface area contributed by atoms with Crippen molar-refractivity contribution >= 4 is 21.4 Å². The Morgan fingerprint density at radius 1 is 1.16 bits per heavy atom. The molecule has 0 saturated carbocycles. The molecule has 0 aliphatic carbocycles. The van der Waals surface area contributed by atoms with E-state index in [1.165, 1.54) is 0 Å². The zero-order chi connectivity index (χ0) is 14.5. The van der Waals surface area contributed by atoms with Crippen LogP contribution in [-0.2, 0) is 9.84 Å². The summed E-state index contributed by atoms with van der Waals surface area (Å²) in [5, 5.41) is 3.39.